The van der Waals surface area contributed by atoms with Crippen LogP contribution >= 0.6 is 0 Å². The van der Waals surface area contributed by atoms with E-state index in [0.717, 1.165) is 12.8 Å². The van der Waals surface area contributed by atoms with Crippen molar-refractivity contribution in [2.75, 3.05) is 19.6 Å². The lowest BCUT2D eigenvalue weighted by molar-refractivity contribution is -0.130. The Labute approximate surface area is 136 Å². The lowest BCUT2D eigenvalue weighted by Gasteiger charge is -2.37. The highest BCUT2D eigenvalue weighted by Gasteiger charge is 2.36. The van der Waals surface area contributed by atoms with Crippen LogP contribution in [0, 0.1) is 12.7 Å². The summed E-state index contributed by atoms with van der Waals surface area (Å²) in [6, 6.07) is 4.05. The Morgan fingerprint density at radius 1 is 1.22 bits per heavy atom. The third-order valence-electron chi connectivity index (χ3n) is 4.75. The van der Waals surface area contributed by atoms with Crippen LogP contribution in [0.3, 0.4) is 0 Å². The number of amides is 1. The van der Waals surface area contributed by atoms with Crippen molar-refractivity contribution in [1.82, 2.24) is 9.21 Å². The number of hydrogen-bond acceptors (Lipinski definition) is 3. The van der Waals surface area contributed by atoms with Gasteiger partial charge in [0.2, 0.25) is 15.9 Å². The van der Waals surface area contributed by atoms with Crippen LogP contribution in [0.25, 0.3) is 0 Å². The summed E-state index contributed by atoms with van der Waals surface area (Å²) >= 11 is 0. The minimum Gasteiger partial charge on any atom is -0.338 e. The lowest BCUT2D eigenvalue weighted by Crippen LogP contribution is -2.50. The number of nitrogens with zero attached hydrogens (tertiary/aromatic N) is 2. The molecule has 0 aliphatic carbocycles. The Morgan fingerprint density at radius 3 is 2.70 bits per heavy atom. The van der Waals surface area contributed by atoms with Gasteiger partial charge in [-0.3, -0.25) is 4.79 Å². The predicted molar refractivity (Wildman–Crippen MR) is 83.9 cm³/mol. The summed E-state index contributed by atoms with van der Waals surface area (Å²) < 4.78 is 40.8. The zero-order chi connectivity index (χ0) is 16.6. The molecule has 1 aromatic rings. The molecule has 2 heterocycles. The van der Waals surface area contributed by atoms with Crippen molar-refractivity contribution in [1.29, 1.82) is 0 Å². The number of piperidine rings is 1. The lowest BCUT2D eigenvalue weighted by atomic mass is 10.1. The van der Waals surface area contributed by atoms with Gasteiger partial charge in [-0.2, -0.15) is 4.31 Å². The Balaban J connectivity index is 1.85. The molecular formula is C16H21FN2O3S. The monoisotopic (exact) mass is 340 g/mol. The molecule has 0 aromatic heterocycles. The first-order chi connectivity index (χ1) is 10.9. The first kappa shape index (κ1) is 16.4. The van der Waals surface area contributed by atoms with Gasteiger partial charge >= 0.3 is 0 Å². The van der Waals surface area contributed by atoms with E-state index in [9.17, 15) is 17.6 Å². The largest absolute Gasteiger partial charge is 0.338 e. The minimum absolute atomic E-state index is 0.0194. The van der Waals surface area contributed by atoms with Gasteiger partial charge in [0.25, 0.3) is 0 Å². The highest BCUT2D eigenvalue weighted by atomic mass is 32.2. The van der Waals surface area contributed by atoms with Gasteiger partial charge in [0.05, 0.1) is 4.90 Å². The molecule has 1 aromatic carbocycles. The molecule has 5 nitrogen and oxygen atoms in total. The van der Waals surface area contributed by atoms with Crippen LogP contribution in [0.1, 0.15) is 31.2 Å². The third kappa shape index (κ3) is 2.99. The van der Waals surface area contributed by atoms with E-state index in [2.05, 4.69) is 0 Å². The number of carbonyl (C=O) groups is 1. The van der Waals surface area contributed by atoms with Crippen LogP contribution in [0.2, 0.25) is 0 Å². The number of rotatable bonds is 3. The van der Waals surface area contributed by atoms with Crippen LogP contribution in [-0.2, 0) is 14.8 Å². The van der Waals surface area contributed by atoms with Crippen molar-refractivity contribution in [3.63, 3.8) is 0 Å². The number of benzene rings is 1. The summed E-state index contributed by atoms with van der Waals surface area (Å²) in [4.78, 5) is 13.7. The summed E-state index contributed by atoms with van der Waals surface area (Å²) in [7, 11) is -3.74. The average Bonchev–Trinajstić information content (AvgIpc) is 2.96. The number of halogens is 1. The molecule has 3 rings (SSSR count). The van der Waals surface area contributed by atoms with Gasteiger partial charge in [0.1, 0.15) is 5.82 Å². The van der Waals surface area contributed by atoms with Gasteiger partial charge in [-0.15, -0.1) is 0 Å². The quantitative estimate of drug-likeness (QED) is 0.844. The minimum atomic E-state index is -3.74. The van der Waals surface area contributed by atoms with Crippen molar-refractivity contribution in [3.8, 4) is 0 Å². The molecule has 7 heteroatoms. The van der Waals surface area contributed by atoms with Crippen LogP contribution in [0.5, 0.6) is 0 Å². The zero-order valence-electron chi connectivity index (χ0n) is 13.2. The second kappa shape index (κ2) is 6.20. The first-order valence-corrected chi connectivity index (χ1v) is 9.40. The molecule has 2 aliphatic rings. The molecule has 126 valence electrons. The molecular weight excluding hydrogens is 319 g/mol. The zero-order valence-corrected chi connectivity index (χ0v) is 14.0. The molecule has 1 atom stereocenters. The van der Waals surface area contributed by atoms with Gasteiger partial charge in [0.15, 0.2) is 0 Å². The van der Waals surface area contributed by atoms with Crippen LogP contribution in [0.15, 0.2) is 23.1 Å². The van der Waals surface area contributed by atoms with E-state index in [0.29, 0.717) is 32.5 Å². The Kier molecular flexibility index (Phi) is 4.42. The van der Waals surface area contributed by atoms with E-state index < -0.39 is 15.8 Å². The van der Waals surface area contributed by atoms with Crippen LogP contribution in [-0.4, -0.2) is 49.2 Å². The van der Waals surface area contributed by atoms with E-state index in [1.807, 2.05) is 0 Å². The maximum Gasteiger partial charge on any atom is 0.243 e. The van der Waals surface area contributed by atoms with E-state index in [-0.39, 0.29) is 22.4 Å². The molecule has 2 saturated heterocycles. The number of sulfonamides is 1. The van der Waals surface area contributed by atoms with Gasteiger partial charge in [-0.05, 0) is 38.3 Å². The highest BCUT2D eigenvalue weighted by Crippen LogP contribution is 2.27. The van der Waals surface area contributed by atoms with E-state index in [1.165, 1.54) is 29.4 Å². The van der Waals surface area contributed by atoms with Gasteiger partial charge in [-0.25, -0.2) is 12.8 Å². The molecule has 2 aliphatic heterocycles. The second-order valence-electron chi connectivity index (χ2n) is 6.21. The van der Waals surface area contributed by atoms with Gasteiger partial charge < -0.3 is 4.90 Å². The van der Waals surface area contributed by atoms with Crippen molar-refractivity contribution in [3.05, 3.63) is 29.6 Å². The third-order valence-corrected chi connectivity index (χ3v) is 6.76. The summed E-state index contributed by atoms with van der Waals surface area (Å²) in [6.07, 6.45) is 2.92. The maximum absolute atomic E-state index is 13.7. The maximum atomic E-state index is 13.7. The summed E-state index contributed by atoms with van der Waals surface area (Å²) in [6.45, 7) is 2.89. The number of likely N-dealkylation sites (tertiary alicyclic amines) is 1. The summed E-state index contributed by atoms with van der Waals surface area (Å²) in [5.74, 6) is -0.412. The molecule has 1 amide bonds. The van der Waals surface area contributed by atoms with Crippen molar-refractivity contribution in [2.24, 2.45) is 0 Å². The molecule has 0 spiro atoms. The Morgan fingerprint density at radius 2 is 2.00 bits per heavy atom. The predicted octanol–water partition coefficient (Wildman–Crippen LogP) is 1.91. The van der Waals surface area contributed by atoms with Crippen molar-refractivity contribution >= 4 is 15.9 Å². The van der Waals surface area contributed by atoms with Gasteiger partial charge in [0, 0.05) is 37.7 Å². The molecule has 1 unspecified atom stereocenters. The fourth-order valence-electron chi connectivity index (χ4n) is 3.45. The molecule has 23 heavy (non-hydrogen) atoms. The number of hydrogen-bond donors (Lipinski definition) is 0. The van der Waals surface area contributed by atoms with E-state index in [1.54, 1.807) is 4.90 Å². The fraction of sp³-hybridized carbons (Fsp3) is 0.562. The SMILES string of the molecule is Cc1c(F)cccc1S(=O)(=O)N1CCCC(N2CCCC2=O)C1. The first-order valence-electron chi connectivity index (χ1n) is 7.96. The average molecular weight is 340 g/mol. The molecule has 0 saturated carbocycles. The van der Waals surface area contributed by atoms with Crippen molar-refractivity contribution < 1.29 is 17.6 Å². The standard InChI is InChI=1S/C16H21FN2O3S/c1-12-14(17)6-2-7-15(12)23(21,22)18-9-3-5-13(11-18)19-10-4-8-16(19)20/h2,6-7,13H,3-5,8-11H2,1H3. The smallest absolute Gasteiger partial charge is 0.243 e. The van der Waals surface area contributed by atoms with E-state index >= 15 is 0 Å². The fourth-order valence-corrected chi connectivity index (χ4v) is 5.21. The molecule has 0 N–H and O–H groups in total. The summed E-state index contributed by atoms with van der Waals surface area (Å²) in [5.41, 5.74) is 0.145. The van der Waals surface area contributed by atoms with Crippen LogP contribution < -0.4 is 0 Å². The molecule has 0 radical (unpaired) electrons. The van der Waals surface area contributed by atoms with Gasteiger partial charge in [-0.1, -0.05) is 6.07 Å². The topological polar surface area (TPSA) is 57.7 Å². The Hall–Kier alpha value is -1.47. The highest BCUT2D eigenvalue weighted by molar-refractivity contribution is 7.89. The second-order valence-corrected chi connectivity index (χ2v) is 8.12. The normalized spacial score (nSPS) is 23.5. The number of carbonyl (C=O) groups excluding carboxylic acids is 1. The van der Waals surface area contributed by atoms with E-state index in [4.69, 9.17) is 0 Å². The summed E-state index contributed by atoms with van der Waals surface area (Å²) in [5, 5.41) is 0. The van der Waals surface area contributed by atoms with Crippen LogP contribution in [0.4, 0.5) is 4.39 Å². The van der Waals surface area contributed by atoms with Crippen molar-refractivity contribution in [2.45, 2.75) is 43.5 Å². The Bertz CT molecular complexity index is 720. The molecule has 2 fully saturated rings. The molecule has 0 bridgehead atoms.